The van der Waals surface area contributed by atoms with E-state index < -0.39 is 0 Å². The molecular formula is C81H116S6+6. The average Bonchev–Trinajstić information content (AvgIpc) is 2.80. The summed E-state index contributed by atoms with van der Waals surface area (Å²) in [6, 6.07) is 70.9. The van der Waals surface area contributed by atoms with Gasteiger partial charge in [-0.15, -0.1) is 0 Å². The molecular weight excluding hydrogens is 1170 g/mol. The lowest BCUT2D eigenvalue weighted by Crippen LogP contribution is -2.17. The summed E-state index contributed by atoms with van der Waals surface area (Å²) in [5.74, 6) is 7.40. The molecule has 3 heterocycles. The molecule has 0 nitrogen and oxygen atoms in total. The highest BCUT2D eigenvalue weighted by Crippen LogP contribution is 2.41. The molecule has 0 amide bonds. The first-order valence-electron chi connectivity index (χ1n) is 32.5. The molecule has 0 spiro atoms. The standard InChI is InChI=1S/C21H29S.C18H19S.C14H11S.C12H27S.C11H15S.C3H9S.C2H6/c1-20(2,3)16-8-12-18(13-9-16)22(7)19-14-10-17(11-15-19)21(4,5)6;1-18(2,3)15-8-10-16(11-9-15)19-13-12-14-6-4-5-7-17(14)19;1-2-7-13(8-3-1)15-11-10-12-6-4-5-9-14(12)15;1-4-7-10-13(11-8-5-2)12-9-6-3;1-3-7-11(8-4-1)12-9-5-2-6-10-12;1-4(2)3;1-2/h8-15H,1-7H3;4-13H,1-3H3;1-11H;4-12H2,1-3H3;1,3-4,7-8H,2,5-6,9-10H2;1-3H3;1-2H3/q6*+1;. The van der Waals surface area contributed by atoms with E-state index in [1.54, 1.807) is 4.90 Å². The molecule has 0 N–H and O–H groups in total. The largest absolute Gasteiger partial charge is 0.186 e. The van der Waals surface area contributed by atoms with Gasteiger partial charge in [0.05, 0.1) is 29.7 Å². The van der Waals surface area contributed by atoms with Crippen molar-refractivity contribution in [2.45, 2.75) is 186 Å². The topological polar surface area (TPSA) is 0 Å². The molecule has 9 aromatic rings. The first-order valence-corrected chi connectivity index (χ1v) is 42.5. The van der Waals surface area contributed by atoms with Crippen molar-refractivity contribution >= 4 is 84.7 Å². The predicted octanol–water partition coefficient (Wildman–Crippen LogP) is 24.8. The number of fused-ring (bicyclic) bond motifs is 2. The minimum Gasteiger partial charge on any atom is -0.0683 e. The lowest BCUT2D eigenvalue weighted by atomic mass is 9.87. The molecule has 1 fully saturated rings. The van der Waals surface area contributed by atoms with Crippen LogP contribution in [0, 0.1) is 0 Å². The van der Waals surface area contributed by atoms with Crippen molar-refractivity contribution in [3.05, 3.63) is 222 Å². The SMILES string of the molecule is CC.CC(C)(C)c1ccc(-[s+]2ccc3ccccc32)cc1.CCCC[S+](CCCC)CCCC.C[S+](C)C.C[S+](c1ccc(C(C)(C)C)cc1)c1ccc(C(C)(C)C)cc1.c1ccc(-[s+]2ccc3ccccc32)cc1.c1ccc([S+]2CCCCC2)cc1. The minimum atomic E-state index is 0.119. The molecule has 1 saturated heterocycles. The van der Waals surface area contributed by atoms with Crippen LogP contribution in [-0.4, -0.2) is 53.8 Å². The second kappa shape index (κ2) is 39.9. The summed E-state index contributed by atoms with van der Waals surface area (Å²) >= 11 is 0. The van der Waals surface area contributed by atoms with Gasteiger partial charge in [-0.1, -0.05) is 213 Å². The zero-order valence-corrected chi connectivity index (χ0v) is 62.4. The third-order valence-corrected chi connectivity index (χ3v) is 26.0. The molecule has 6 heteroatoms. The van der Waals surface area contributed by atoms with Crippen LogP contribution in [-0.2, 0) is 59.8 Å². The normalized spacial score (nSPS) is 12.9. The van der Waals surface area contributed by atoms with Gasteiger partial charge in [0.25, 0.3) is 0 Å². The summed E-state index contributed by atoms with van der Waals surface area (Å²) in [4.78, 5) is 7.22. The predicted molar refractivity (Wildman–Crippen MR) is 413 cm³/mol. The van der Waals surface area contributed by atoms with Crippen molar-refractivity contribution in [2.75, 3.05) is 53.8 Å². The van der Waals surface area contributed by atoms with Gasteiger partial charge in [-0.3, -0.25) is 0 Å². The lowest BCUT2D eigenvalue weighted by Gasteiger charge is -2.19. The van der Waals surface area contributed by atoms with Gasteiger partial charge in [0.2, 0.25) is 0 Å². The van der Waals surface area contributed by atoms with Crippen molar-refractivity contribution in [3.8, 4) is 9.79 Å². The van der Waals surface area contributed by atoms with E-state index in [2.05, 4.69) is 313 Å². The zero-order chi connectivity index (χ0) is 63.8. The molecule has 7 aromatic carbocycles. The van der Waals surface area contributed by atoms with Crippen molar-refractivity contribution < 1.29 is 0 Å². The van der Waals surface area contributed by atoms with Gasteiger partial charge in [0.15, 0.2) is 33.9 Å². The Kier molecular flexibility index (Phi) is 34.5. The second-order valence-electron chi connectivity index (χ2n) is 25.8. The Morgan fingerprint density at radius 3 is 1.01 bits per heavy atom. The van der Waals surface area contributed by atoms with Crippen LogP contribution in [0.2, 0.25) is 0 Å². The van der Waals surface area contributed by atoms with E-state index >= 15 is 0 Å². The van der Waals surface area contributed by atoms with Gasteiger partial charge in [0, 0.05) is 54.7 Å². The van der Waals surface area contributed by atoms with Crippen LogP contribution < -0.4 is 0 Å². The quantitative estimate of drug-likeness (QED) is 0.0952. The molecule has 0 radical (unpaired) electrons. The number of thiophene rings is 2. The summed E-state index contributed by atoms with van der Waals surface area (Å²) in [7, 11) is 2.41. The highest BCUT2D eigenvalue weighted by molar-refractivity contribution is 7.97. The van der Waals surface area contributed by atoms with Crippen LogP contribution in [0.5, 0.6) is 0 Å². The van der Waals surface area contributed by atoms with Crippen molar-refractivity contribution in [2.24, 2.45) is 0 Å². The van der Waals surface area contributed by atoms with E-state index in [1.165, 1.54) is 143 Å². The van der Waals surface area contributed by atoms with Crippen LogP contribution in [0.15, 0.2) is 220 Å². The van der Waals surface area contributed by atoms with Gasteiger partial charge < -0.3 is 0 Å². The minimum absolute atomic E-state index is 0.119. The van der Waals surface area contributed by atoms with E-state index in [0.29, 0.717) is 21.8 Å². The lowest BCUT2D eigenvalue weighted by molar-refractivity contribution is 0.589. The zero-order valence-electron chi connectivity index (χ0n) is 57.5. The van der Waals surface area contributed by atoms with Gasteiger partial charge in [0.1, 0.15) is 45.8 Å². The highest BCUT2D eigenvalue weighted by Gasteiger charge is 2.25. The number of hydrogen-bond donors (Lipinski definition) is 0. The van der Waals surface area contributed by atoms with E-state index in [4.69, 9.17) is 0 Å². The maximum Gasteiger partial charge on any atom is 0.186 e. The van der Waals surface area contributed by atoms with Crippen LogP contribution in [0.4, 0.5) is 0 Å². The van der Waals surface area contributed by atoms with Crippen LogP contribution in [0.1, 0.15) is 171 Å². The number of hydrogen-bond acceptors (Lipinski definition) is 0. The number of benzene rings is 7. The Morgan fingerprint density at radius 2 is 0.667 bits per heavy atom. The second-order valence-corrected chi connectivity index (χ2v) is 38.6. The maximum atomic E-state index is 2.33. The van der Waals surface area contributed by atoms with Crippen molar-refractivity contribution in [1.29, 1.82) is 0 Å². The van der Waals surface area contributed by atoms with E-state index in [1.807, 2.05) is 13.8 Å². The summed E-state index contributed by atoms with van der Waals surface area (Å²) in [6.45, 7) is 31.3. The van der Waals surface area contributed by atoms with E-state index in [9.17, 15) is 0 Å². The van der Waals surface area contributed by atoms with E-state index in [-0.39, 0.29) is 48.1 Å². The van der Waals surface area contributed by atoms with Crippen LogP contribution >= 0.6 is 20.9 Å². The summed E-state index contributed by atoms with van der Waals surface area (Å²) in [5.41, 5.74) is 4.87. The van der Waals surface area contributed by atoms with Crippen molar-refractivity contribution in [3.63, 3.8) is 0 Å². The first kappa shape index (κ1) is 75.3. The summed E-state index contributed by atoms with van der Waals surface area (Å²) in [5, 5.41) is 7.37. The fourth-order valence-electron chi connectivity index (χ4n) is 9.63. The molecule has 0 saturated carbocycles. The molecule has 470 valence electrons. The number of unbranched alkanes of at least 4 members (excludes halogenated alkanes) is 3. The third-order valence-electron chi connectivity index (χ3n) is 14.9. The Labute approximate surface area is 551 Å². The van der Waals surface area contributed by atoms with Gasteiger partial charge in [-0.05, 0) is 178 Å². The summed E-state index contributed by atoms with van der Waals surface area (Å²) < 4.78 is 2.90. The maximum absolute atomic E-state index is 2.33. The average molecular weight is 1280 g/mol. The first-order chi connectivity index (χ1) is 41.6. The Bertz CT molecular complexity index is 3100. The molecule has 1 aliphatic heterocycles. The van der Waals surface area contributed by atoms with Crippen molar-refractivity contribution in [1.82, 2.24) is 0 Å². The Balaban J connectivity index is 0.000000231. The molecule has 0 aliphatic carbocycles. The Morgan fingerprint density at radius 1 is 0.356 bits per heavy atom. The molecule has 87 heavy (non-hydrogen) atoms. The third kappa shape index (κ3) is 26.7. The smallest absolute Gasteiger partial charge is 0.0683 e. The van der Waals surface area contributed by atoms with Gasteiger partial charge in [-0.25, -0.2) is 0 Å². The number of rotatable bonds is 14. The Hall–Kier alpha value is -4.14. The summed E-state index contributed by atoms with van der Waals surface area (Å²) in [6.07, 6.45) is 21.7. The molecule has 2 atom stereocenters. The monoisotopic (exact) mass is 1280 g/mol. The fourth-order valence-corrected chi connectivity index (χ4v) is 19.8. The molecule has 1 aliphatic rings. The fraction of sp³-hybridized carbons (Fsp3) is 0.432. The molecule has 2 unspecified atom stereocenters. The highest BCUT2D eigenvalue weighted by atomic mass is 32.2. The molecule has 0 bridgehead atoms. The molecule has 10 rings (SSSR count). The van der Waals surface area contributed by atoms with Gasteiger partial charge in [-0.2, -0.15) is 0 Å². The van der Waals surface area contributed by atoms with Crippen LogP contribution in [0.3, 0.4) is 0 Å². The van der Waals surface area contributed by atoms with Crippen LogP contribution in [0.25, 0.3) is 30.0 Å². The van der Waals surface area contributed by atoms with Gasteiger partial charge >= 0.3 is 0 Å². The van der Waals surface area contributed by atoms with E-state index in [0.717, 1.165) is 10.9 Å². The molecule has 2 aromatic heterocycles.